The van der Waals surface area contributed by atoms with Crippen molar-refractivity contribution in [2.45, 2.75) is 37.7 Å². The van der Waals surface area contributed by atoms with Crippen LogP contribution in [0.1, 0.15) is 42.6 Å². The Balaban J connectivity index is 1.15. The fourth-order valence-corrected chi connectivity index (χ4v) is 5.36. The van der Waals surface area contributed by atoms with Crippen molar-refractivity contribution in [1.82, 2.24) is 25.4 Å². The number of aromatic amines is 1. The summed E-state index contributed by atoms with van der Waals surface area (Å²) in [6, 6.07) is 3.37. The minimum atomic E-state index is -0.163. The molecule has 3 saturated heterocycles. The van der Waals surface area contributed by atoms with Crippen LogP contribution in [-0.2, 0) is 9.53 Å². The maximum atomic E-state index is 13.0. The zero-order valence-corrected chi connectivity index (χ0v) is 19.4. The number of hydrogen-bond donors (Lipinski definition) is 2. The smallest absolute Gasteiger partial charge is 0.274 e. The molecule has 2 N–H and O–H groups in total. The van der Waals surface area contributed by atoms with E-state index in [1.165, 1.54) is 13.3 Å². The first-order valence-electron chi connectivity index (χ1n) is 11.4. The highest BCUT2D eigenvalue weighted by atomic mass is 35.5. The number of pyridine rings is 1. The van der Waals surface area contributed by atoms with E-state index in [0.29, 0.717) is 60.3 Å². The Morgan fingerprint density at radius 2 is 2.09 bits per heavy atom. The molecule has 1 saturated carbocycles. The van der Waals surface area contributed by atoms with Crippen LogP contribution in [0.4, 0.5) is 0 Å². The summed E-state index contributed by atoms with van der Waals surface area (Å²) >= 11 is 6.25. The van der Waals surface area contributed by atoms with Crippen LogP contribution in [0.5, 0.6) is 5.88 Å². The number of hydrogen-bond acceptors (Lipinski definition) is 6. The van der Waals surface area contributed by atoms with Gasteiger partial charge in [-0.05, 0) is 44.1 Å². The van der Waals surface area contributed by atoms with E-state index in [-0.39, 0.29) is 23.3 Å². The number of piperidine rings is 1. The quantitative estimate of drug-likeness (QED) is 0.667. The van der Waals surface area contributed by atoms with Crippen molar-refractivity contribution in [3.8, 4) is 17.1 Å². The summed E-state index contributed by atoms with van der Waals surface area (Å²) in [6.07, 6.45) is 6.03. The number of H-pyrrole nitrogens is 1. The van der Waals surface area contributed by atoms with Crippen LogP contribution in [0.15, 0.2) is 18.3 Å². The summed E-state index contributed by atoms with van der Waals surface area (Å²) < 4.78 is 11.1. The van der Waals surface area contributed by atoms with Gasteiger partial charge in [0, 0.05) is 43.8 Å². The van der Waals surface area contributed by atoms with E-state index in [1.807, 2.05) is 0 Å². The van der Waals surface area contributed by atoms with Gasteiger partial charge in [-0.1, -0.05) is 11.6 Å². The highest BCUT2D eigenvalue weighted by Crippen LogP contribution is 2.46. The van der Waals surface area contributed by atoms with E-state index in [0.717, 1.165) is 31.8 Å². The van der Waals surface area contributed by atoms with Crippen molar-refractivity contribution in [3.05, 3.63) is 29.0 Å². The fourth-order valence-electron chi connectivity index (χ4n) is 5.16. The van der Waals surface area contributed by atoms with Crippen molar-refractivity contribution < 1.29 is 19.1 Å². The minimum absolute atomic E-state index is 0.0671. The van der Waals surface area contributed by atoms with Gasteiger partial charge in [0.05, 0.1) is 29.6 Å². The molecule has 0 radical (unpaired) electrons. The summed E-state index contributed by atoms with van der Waals surface area (Å²) in [5.41, 5.74) is 1.45. The van der Waals surface area contributed by atoms with Gasteiger partial charge in [-0.3, -0.25) is 14.7 Å². The van der Waals surface area contributed by atoms with E-state index in [9.17, 15) is 9.59 Å². The van der Waals surface area contributed by atoms with E-state index >= 15 is 0 Å². The molecule has 6 rings (SSSR count). The lowest BCUT2D eigenvalue weighted by Crippen LogP contribution is -2.58. The average Bonchev–Trinajstić information content (AvgIpc) is 3.32. The maximum Gasteiger partial charge on any atom is 0.274 e. The number of fused-ring (bicyclic) bond motifs is 2. The van der Waals surface area contributed by atoms with Crippen molar-refractivity contribution >= 4 is 23.4 Å². The Bertz CT molecular complexity index is 1040. The number of rotatable bonds is 6. The highest BCUT2D eigenvalue weighted by molar-refractivity contribution is 6.33. The molecule has 4 aliphatic rings. The molecule has 5 heterocycles. The topological polar surface area (TPSA) is 109 Å². The molecule has 176 valence electrons. The van der Waals surface area contributed by atoms with Crippen LogP contribution in [0.2, 0.25) is 5.02 Å². The zero-order chi connectivity index (χ0) is 23.0. The number of carbonyl (C=O) groups excluding carboxylic acids is 2. The molecule has 2 amide bonds. The Kier molecular flexibility index (Phi) is 6.01. The van der Waals surface area contributed by atoms with E-state index in [4.69, 9.17) is 21.1 Å². The number of ether oxygens (including phenoxy) is 2. The molecule has 0 spiro atoms. The Labute approximate surface area is 197 Å². The van der Waals surface area contributed by atoms with Gasteiger partial charge in [-0.25, -0.2) is 4.98 Å². The molecule has 0 unspecified atom stereocenters. The Morgan fingerprint density at radius 1 is 1.30 bits per heavy atom. The lowest BCUT2D eigenvalue weighted by atomic mass is 9.67. The van der Waals surface area contributed by atoms with E-state index in [1.54, 1.807) is 17.0 Å². The number of methoxy groups -OCH3 is 1. The average molecular weight is 474 g/mol. The van der Waals surface area contributed by atoms with Crippen molar-refractivity contribution in [2.24, 2.45) is 11.8 Å². The van der Waals surface area contributed by atoms with Gasteiger partial charge in [0.2, 0.25) is 11.8 Å². The number of likely N-dealkylation sites (tertiary alicyclic amines) is 1. The third-order valence-corrected chi connectivity index (χ3v) is 7.42. The number of aromatic nitrogens is 3. The van der Waals surface area contributed by atoms with Gasteiger partial charge >= 0.3 is 0 Å². The number of nitrogens with zero attached hydrogens (tertiary/aromatic N) is 3. The predicted octanol–water partition coefficient (Wildman–Crippen LogP) is 2.67. The molecular weight excluding hydrogens is 446 g/mol. The van der Waals surface area contributed by atoms with Crippen LogP contribution in [0.3, 0.4) is 0 Å². The molecule has 9 nitrogen and oxygen atoms in total. The SMILES string of the molecule is COc1cc(-c2cc(C(=O)N3CCC(C(=O)NCC45CC(CCO4)C5)CC3)n[nH]2)c(Cl)cn1. The van der Waals surface area contributed by atoms with Crippen LogP contribution in [-0.4, -0.2) is 70.8 Å². The van der Waals surface area contributed by atoms with Gasteiger partial charge in [0.15, 0.2) is 5.69 Å². The normalized spacial score (nSPS) is 24.8. The van der Waals surface area contributed by atoms with Gasteiger partial charge in [0.25, 0.3) is 5.91 Å². The number of carbonyl (C=O) groups is 2. The molecule has 2 aromatic rings. The van der Waals surface area contributed by atoms with E-state index in [2.05, 4.69) is 20.5 Å². The fraction of sp³-hybridized carbons (Fsp3) is 0.565. The molecule has 10 heteroatoms. The molecule has 2 bridgehead atoms. The Morgan fingerprint density at radius 3 is 2.79 bits per heavy atom. The third kappa shape index (κ3) is 4.44. The van der Waals surface area contributed by atoms with Crippen LogP contribution in [0.25, 0.3) is 11.3 Å². The van der Waals surface area contributed by atoms with E-state index < -0.39 is 0 Å². The summed E-state index contributed by atoms with van der Waals surface area (Å²) in [4.78, 5) is 31.5. The molecule has 33 heavy (non-hydrogen) atoms. The molecule has 4 fully saturated rings. The standard InChI is InChI=1S/C23H28ClN5O4/c1-32-20-8-16(17(24)12-25-20)18-9-19(28-27-18)22(31)29-5-2-15(3-6-29)21(30)26-13-23-10-14(11-23)4-7-33-23/h8-9,12,14-15H,2-7,10-11,13H2,1H3,(H,26,30)(H,27,28). The lowest BCUT2D eigenvalue weighted by Gasteiger charge is -2.52. The highest BCUT2D eigenvalue weighted by Gasteiger charge is 2.48. The van der Waals surface area contributed by atoms with Gasteiger partial charge in [-0.15, -0.1) is 0 Å². The largest absolute Gasteiger partial charge is 0.481 e. The predicted molar refractivity (Wildman–Crippen MR) is 121 cm³/mol. The monoisotopic (exact) mass is 473 g/mol. The zero-order valence-electron chi connectivity index (χ0n) is 18.6. The lowest BCUT2D eigenvalue weighted by molar-refractivity contribution is -0.176. The molecule has 3 aliphatic heterocycles. The number of halogens is 1. The van der Waals surface area contributed by atoms with Crippen LogP contribution >= 0.6 is 11.6 Å². The van der Waals surface area contributed by atoms with Crippen molar-refractivity contribution in [2.75, 3.05) is 33.4 Å². The summed E-state index contributed by atoms with van der Waals surface area (Å²) in [5.74, 6) is 1.01. The first-order valence-corrected chi connectivity index (χ1v) is 11.8. The molecular formula is C23H28ClN5O4. The first kappa shape index (κ1) is 22.2. The van der Waals surface area contributed by atoms with Crippen molar-refractivity contribution in [1.29, 1.82) is 0 Å². The summed E-state index contributed by atoms with van der Waals surface area (Å²) in [6.45, 7) is 2.44. The second-order valence-corrected chi connectivity index (χ2v) is 9.66. The number of nitrogens with one attached hydrogen (secondary N) is 2. The molecule has 1 aliphatic carbocycles. The minimum Gasteiger partial charge on any atom is -0.481 e. The van der Waals surface area contributed by atoms with Crippen LogP contribution in [0, 0.1) is 11.8 Å². The summed E-state index contributed by atoms with van der Waals surface area (Å²) in [5, 5.41) is 10.6. The van der Waals surface area contributed by atoms with Crippen LogP contribution < -0.4 is 10.1 Å². The Hall–Kier alpha value is -2.65. The second kappa shape index (κ2) is 8.95. The maximum absolute atomic E-state index is 13.0. The molecule has 2 aromatic heterocycles. The first-order chi connectivity index (χ1) is 16.0. The molecule has 0 atom stereocenters. The summed E-state index contributed by atoms with van der Waals surface area (Å²) in [7, 11) is 1.53. The van der Waals surface area contributed by atoms with Gasteiger partial charge in [-0.2, -0.15) is 5.10 Å². The molecule has 0 aromatic carbocycles. The number of amides is 2. The van der Waals surface area contributed by atoms with Gasteiger partial charge < -0.3 is 19.7 Å². The van der Waals surface area contributed by atoms with Crippen molar-refractivity contribution in [3.63, 3.8) is 0 Å². The third-order valence-electron chi connectivity index (χ3n) is 7.12. The second-order valence-electron chi connectivity index (χ2n) is 9.25. The van der Waals surface area contributed by atoms with Gasteiger partial charge in [0.1, 0.15) is 0 Å².